The molecule has 0 N–H and O–H groups in total. The Morgan fingerprint density at radius 2 is 1.97 bits per heavy atom. The summed E-state index contributed by atoms with van der Waals surface area (Å²) in [6, 6.07) is 13.7. The van der Waals surface area contributed by atoms with Crippen LogP contribution < -0.4 is 0 Å². The molecule has 2 atom stereocenters. The second kappa shape index (κ2) is 9.82. The zero-order valence-electron chi connectivity index (χ0n) is 17.0. The van der Waals surface area contributed by atoms with Crippen molar-refractivity contribution in [3.8, 4) is 0 Å². The van der Waals surface area contributed by atoms with E-state index in [1.54, 1.807) is 22.2 Å². The van der Waals surface area contributed by atoms with Gasteiger partial charge in [0.1, 0.15) is 0 Å². The third-order valence-electron chi connectivity index (χ3n) is 5.54. The maximum Gasteiger partial charge on any atom is 0.242 e. The van der Waals surface area contributed by atoms with Gasteiger partial charge in [0.05, 0.1) is 31.8 Å². The fraction of sp³-hybridized carbons (Fsp3) is 0.435. The number of hydrogen-bond donors (Lipinski definition) is 0. The second-order valence-corrected chi connectivity index (χ2v) is 7.83. The van der Waals surface area contributed by atoms with Crippen molar-refractivity contribution in [3.63, 3.8) is 0 Å². The number of pyridine rings is 1. The molecule has 1 aromatic carbocycles. The Bertz CT molecular complexity index is 840. The minimum atomic E-state index is -0.264. The van der Waals surface area contributed by atoms with Crippen molar-refractivity contribution in [2.24, 2.45) is 5.92 Å². The minimum absolute atomic E-state index is 0.0163. The van der Waals surface area contributed by atoms with Gasteiger partial charge in [-0.05, 0) is 23.6 Å². The summed E-state index contributed by atoms with van der Waals surface area (Å²) >= 11 is 0. The van der Waals surface area contributed by atoms with E-state index in [0.29, 0.717) is 45.9 Å². The summed E-state index contributed by atoms with van der Waals surface area (Å²) < 4.78 is 11.6. The van der Waals surface area contributed by atoms with Crippen LogP contribution in [0.25, 0.3) is 0 Å². The number of amides is 2. The van der Waals surface area contributed by atoms with Crippen molar-refractivity contribution in [1.82, 2.24) is 14.8 Å². The molecule has 2 amide bonds. The lowest BCUT2D eigenvalue weighted by Crippen LogP contribution is -2.43. The molecule has 1 aromatic heterocycles. The first-order valence-electron chi connectivity index (χ1n) is 10.4. The molecule has 4 rings (SSSR count). The SMILES string of the molecule is O=C1CN(C(=O)[C@@H]2CCOC2)C[C@@H](OCc2ccccc2)CN1Cc1cccnc1. The molecule has 2 aromatic rings. The topological polar surface area (TPSA) is 72.0 Å². The number of carbonyl (C=O) groups excluding carboxylic acids is 2. The number of ether oxygens (including phenoxy) is 2. The van der Waals surface area contributed by atoms with Crippen LogP contribution in [0.5, 0.6) is 0 Å². The summed E-state index contributed by atoms with van der Waals surface area (Å²) in [4.78, 5) is 33.5. The number of aromatic nitrogens is 1. The normalized spacial score (nSPS) is 22.2. The number of nitrogens with zero attached hydrogens (tertiary/aromatic N) is 3. The standard InChI is InChI=1S/C23H27N3O4/c27-22-15-26(23(28)20-8-10-29-17-20)14-21(30-16-18-5-2-1-3-6-18)13-25(22)12-19-7-4-9-24-11-19/h1-7,9,11,20-21H,8,10,12-17H2/t20-,21+/m1/s1. The van der Waals surface area contributed by atoms with Crippen LogP contribution in [0.2, 0.25) is 0 Å². The molecule has 0 radical (unpaired) electrons. The van der Waals surface area contributed by atoms with Gasteiger partial charge in [-0.3, -0.25) is 14.6 Å². The van der Waals surface area contributed by atoms with Gasteiger partial charge in [-0.25, -0.2) is 0 Å². The van der Waals surface area contributed by atoms with Gasteiger partial charge in [-0.2, -0.15) is 0 Å². The Morgan fingerprint density at radius 1 is 1.13 bits per heavy atom. The van der Waals surface area contributed by atoms with E-state index in [0.717, 1.165) is 11.1 Å². The molecule has 30 heavy (non-hydrogen) atoms. The van der Waals surface area contributed by atoms with Gasteiger partial charge < -0.3 is 19.3 Å². The molecule has 2 saturated heterocycles. The molecule has 0 spiro atoms. The van der Waals surface area contributed by atoms with Crippen LogP contribution in [0.4, 0.5) is 0 Å². The fourth-order valence-electron chi connectivity index (χ4n) is 3.89. The first-order valence-corrected chi connectivity index (χ1v) is 10.4. The maximum atomic E-state index is 13.0. The molecule has 2 aliphatic rings. The lowest BCUT2D eigenvalue weighted by molar-refractivity contribution is -0.141. The van der Waals surface area contributed by atoms with Crippen molar-refractivity contribution in [1.29, 1.82) is 0 Å². The van der Waals surface area contributed by atoms with Gasteiger partial charge >= 0.3 is 0 Å². The molecular formula is C23H27N3O4. The quantitative estimate of drug-likeness (QED) is 0.729. The highest BCUT2D eigenvalue weighted by Crippen LogP contribution is 2.19. The zero-order valence-corrected chi connectivity index (χ0v) is 17.0. The van der Waals surface area contributed by atoms with Gasteiger partial charge in [-0.15, -0.1) is 0 Å². The van der Waals surface area contributed by atoms with Crippen LogP contribution in [0.3, 0.4) is 0 Å². The lowest BCUT2D eigenvalue weighted by atomic mass is 10.1. The summed E-state index contributed by atoms with van der Waals surface area (Å²) in [6.45, 7) is 2.82. The van der Waals surface area contributed by atoms with Gasteiger partial charge in [0.15, 0.2) is 0 Å². The molecule has 7 nitrogen and oxygen atoms in total. The van der Waals surface area contributed by atoms with E-state index in [2.05, 4.69) is 4.98 Å². The third kappa shape index (κ3) is 5.23. The van der Waals surface area contributed by atoms with Crippen LogP contribution >= 0.6 is 0 Å². The third-order valence-corrected chi connectivity index (χ3v) is 5.54. The first-order chi connectivity index (χ1) is 14.7. The van der Waals surface area contributed by atoms with E-state index in [4.69, 9.17) is 9.47 Å². The number of hydrogen-bond acceptors (Lipinski definition) is 5. The first kappa shape index (κ1) is 20.5. The smallest absolute Gasteiger partial charge is 0.242 e. The van der Waals surface area contributed by atoms with E-state index >= 15 is 0 Å². The van der Waals surface area contributed by atoms with Crippen molar-refractivity contribution < 1.29 is 19.1 Å². The highest BCUT2D eigenvalue weighted by atomic mass is 16.5. The van der Waals surface area contributed by atoms with E-state index in [1.165, 1.54) is 0 Å². The molecule has 3 heterocycles. The lowest BCUT2D eigenvalue weighted by Gasteiger charge is -2.26. The Hall–Kier alpha value is -2.77. The Kier molecular flexibility index (Phi) is 6.71. The monoisotopic (exact) mass is 409 g/mol. The number of carbonyl (C=O) groups is 2. The summed E-state index contributed by atoms with van der Waals surface area (Å²) in [5.74, 6) is -0.258. The molecule has 2 fully saturated rings. The predicted octanol–water partition coefficient (Wildman–Crippen LogP) is 1.87. The van der Waals surface area contributed by atoms with Crippen LogP contribution in [-0.2, 0) is 32.2 Å². The summed E-state index contributed by atoms with van der Waals surface area (Å²) in [6.07, 6.45) is 3.92. The Morgan fingerprint density at radius 3 is 2.70 bits per heavy atom. The van der Waals surface area contributed by atoms with Crippen LogP contribution in [0.1, 0.15) is 17.5 Å². The molecule has 0 unspecified atom stereocenters. The second-order valence-electron chi connectivity index (χ2n) is 7.83. The predicted molar refractivity (Wildman–Crippen MR) is 110 cm³/mol. The molecule has 7 heteroatoms. The van der Waals surface area contributed by atoms with Crippen LogP contribution in [0, 0.1) is 5.92 Å². The molecule has 0 aliphatic carbocycles. The van der Waals surface area contributed by atoms with Gasteiger partial charge in [0, 0.05) is 38.6 Å². The average Bonchev–Trinajstić information content (AvgIpc) is 3.27. The fourth-order valence-corrected chi connectivity index (χ4v) is 3.89. The average molecular weight is 409 g/mol. The highest BCUT2D eigenvalue weighted by molar-refractivity contribution is 5.86. The zero-order chi connectivity index (χ0) is 20.8. The largest absolute Gasteiger partial charge is 0.381 e. The van der Waals surface area contributed by atoms with Crippen molar-refractivity contribution in [2.45, 2.75) is 25.7 Å². The van der Waals surface area contributed by atoms with Gasteiger partial charge in [0.25, 0.3) is 0 Å². The molecular weight excluding hydrogens is 382 g/mol. The van der Waals surface area contributed by atoms with Crippen LogP contribution in [-0.4, -0.2) is 65.6 Å². The Labute approximate surface area is 176 Å². The number of benzene rings is 1. The van der Waals surface area contributed by atoms with Gasteiger partial charge in [0.2, 0.25) is 11.8 Å². The van der Waals surface area contributed by atoms with Crippen molar-refractivity contribution >= 4 is 11.8 Å². The summed E-state index contributed by atoms with van der Waals surface area (Å²) in [5.41, 5.74) is 2.02. The van der Waals surface area contributed by atoms with Gasteiger partial charge in [-0.1, -0.05) is 36.4 Å². The summed E-state index contributed by atoms with van der Waals surface area (Å²) in [5, 5.41) is 0. The van der Waals surface area contributed by atoms with Crippen LogP contribution in [0.15, 0.2) is 54.9 Å². The van der Waals surface area contributed by atoms with E-state index in [1.807, 2.05) is 42.5 Å². The van der Waals surface area contributed by atoms with E-state index in [-0.39, 0.29) is 30.4 Å². The number of rotatable bonds is 6. The van der Waals surface area contributed by atoms with Crippen molar-refractivity contribution in [2.75, 3.05) is 32.8 Å². The summed E-state index contributed by atoms with van der Waals surface area (Å²) in [7, 11) is 0. The molecule has 0 saturated carbocycles. The van der Waals surface area contributed by atoms with E-state index in [9.17, 15) is 9.59 Å². The molecule has 158 valence electrons. The molecule has 2 aliphatic heterocycles. The minimum Gasteiger partial charge on any atom is -0.381 e. The Balaban J connectivity index is 1.49. The van der Waals surface area contributed by atoms with E-state index < -0.39 is 0 Å². The maximum absolute atomic E-state index is 13.0. The highest BCUT2D eigenvalue weighted by Gasteiger charge is 2.35. The van der Waals surface area contributed by atoms with Crippen molar-refractivity contribution in [3.05, 3.63) is 66.0 Å². The molecule has 0 bridgehead atoms.